The van der Waals surface area contributed by atoms with Crippen molar-refractivity contribution in [3.05, 3.63) is 57.6 Å². The molecule has 1 aliphatic rings. The van der Waals surface area contributed by atoms with Gasteiger partial charge in [-0.15, -0.1) is 0 Å². The lowest BCUT2D eigenvalue weighted by molar-refractivity contribution is -0.110. The molecule has 2 aromatic carbocycles. The van der Waals surface area contributed by atoms with Crippen molar-refractivity contribution in [1.82, 2.24) is 0 Å². The molecular weight excluding hydrogens is 335 g/mol. The fourth-order valence-electron chi connectivity index (χ4n) is 2.34. The smallest absolute Gasteiger partial charge is 0.256 e. The molecular formula is C17H10Cl2N2O2. The van der Waals surface area contributed by atoms with Crippen LogP contribution in [-0.4, -0.2) is 12.5 Å². The van der Waals surface area contributed by atoms with Crippen LogP contribution in [0, 0.1) is 11.3 Å². The van der Waals surface area contributed by atoms with Gasteiger partial charge >= 0.3 is 0 Å². The van der Waals surface area contributed by atoms with E-state index in [0.29, 0.717) is 32.6 Å². The second kappa shape index (κ2) is 6.33. The summed E-state index contributed by atoms with van der Waals surface area (Å²) in [6, 6.07) is 12.1. The summed E-state index contributed by atoms with van der Waals surface area (Å²) in [5.41, 5.74) is 2.53. The topological polar surface area (TPSA) is 62.1 Å². The number of ether oxygens (including phenoxy) is 1. The molecule has 0 aliphatic carbocycles. The number of benzene rings is 2. The van der Waals surface area contributed by atoms with Crippen LogP contribution in [0.1, 0.15) is 11.1 Å². The van der Waals surface area contributed by atoms with Crippen LogP contribution in [0.5, 0.6) is 5.75 Å². The van der Waals surface area contributed by atoms with E-state index in [4.69, 9.17) is 33.2 Å². The first-order valence-electron chi connectivity index (χ1n) is 6.71. The van der Waals surface area contributed by atoms with E-state index in [1.54, 1.807) is 42.5 Å². The zero-order chi connectivity index (χ0) is 16.4. The molecule has 6 heteroatoms. The summed E-state index contributed by atoms with van der Waals surface area (Å²) in [7, 11) is 0. The maximum absolute atomic E-state index is 12.2. The maximum atomic E-state index is 12.2. The van der Waals surface area contributed by atoms with Crippen molar-refractivity contribution in [2.45, 2.75) is 0 Å². The monoisotopic (exact) mass is 344 g/mol. The molecule has 4 nitrogen and oxygen atoms in total. The van der Waals surface area contributed by atoms with E-state index < -0.39 is 0 Å². The molecule has 3 rings (SSSR count). The van der Waals surface area contributed by atoms with Crippen LogP contribution in [0.15, 0.2) is 36.4 Å². The van der Waals surface area contributed by atoms with Crippen LogP contribution in [0.25, 0.3) is 11.6 Å². The number of nitrogens with zero attached hydrogens (tertiary/aromatic N) is 1. The van der Waals surface area contributed by atoms with E-state index in [1.165, 1.54) is 0 Å². The summed E-state index contributed by atoms with van der Waals surface area (Å²) in [6.07, 6.45) is 1.69. The number of carbonyl (C=O) groups is 1. The molecule has 0 saturated carbocycles. The Morgan fingerprint density at radius 1 is 1.17 bits per heavy atom. The van der Waals surface area contributed by atoms with Gasteiger partial charge in [0.15, 0.2) is 6.61 Å². The van der Waals surface area contributed by atoms with Gasteiger partial charge in [0.1, 0.15) is 11.8 Å². The lowest BCUT2D eigenvalue weighted by Crippen LogP contribution is -2.04. The van der Waals surface area contributed by atoms with Gasteiger partial charge in [0.25, 0.3) is 5.91 Å². The molecule has 0 bridgehead atoms. The van der Waals surface area contributed by atoms with Crippen molar-refractivity contribution in [3.63, 3.8) is 0 Å². The third kappa shape index (κ3) is 3.16. The summed E-state index contributed by atoms with van der Waals surface area (Å²) < 4.78 is 5.38. The number of halogens is 2. The minimum atomic E-state index is -0.228. The quantitative estimate of drug-likeness (QED) is 0.840. The Balaban J connectivity index is 2.07. The molecule has 114 valence electrons. The Kier molecular flexibility index (Phi) is 4.24. The molecule has 0 fully saturated rings. The van der Waals surface area contributed by atoms with Crippen molar-refractivity contribution in [2.75, 3.05) is 11.9 Å². The highest BCUT2D eigenvalue weighted by Gasteiger charge is 2.24. The maximum Gasteiger partial charge on any atom is 0.256 e. The first-order chi connectivity index (χ1) is 11.1. The highest BCUT2D eigenvalue weighted by molar-refractivity contribution is 6.37. The highest BCUT2D eigenvalue weighted by Crippen LogP contribution is 2.36. The summed E-state index contributed by atoms with van der Waals surface area (Å²) >= 11 is 12.0. The fourth-order valence-corrected chi connectivity index (χ4v) is 2.69. The van der Waals surface area contributed by atoms with Gasteiger partial charge in [-0.05, 0) is 36.4 Å². The minimum absolute atomic E-state index is 0.0871. The summed E-state index contributed by atoms with van der Waals surface area (Å²) in [5.74, 6) is 0.257. The molecule has 0 aromatic heterocycles. The molecule has 1 N–H and O–H groups in total. The van der Waals surface area contributed by atoms with E-state index in [2.05, 4.69) is 5.32 Å². The standard InChI is InChI=1S/C17H10Cl2N2O2/c18-11-2-4-16(23-6-5-20)10(7-11)8-14-13-3-1-12(19)9-15(13)21-17(14)22/h1-4,7-9H,6H2,(H,21,22)/b14-8-. The number of amides is 1. The molecule has 0 unspecified atom stereocenters. The lowest BCUT2D eigenvalue weighted by atomic mass is 10.0. The van der Waals surface area contributed by atoms with Crippen molar-refractivity contribution in [1.29, 1.82) is 5.26 Å². The number of nitriles is 1. The molecule has 1 heterocycles. The normalized spacial score (nSPS) is 14.3. The third-order valence-electron chi connectivity index (χ3n) is 3.33. The largest absolute Gasteiger partial charge is 0.478 e. The Bertz CT molecular complexity index is 869. The van der Waals surface area contributed by atoms with Gasteiger partial charge in [-0.1, -0.05) is 29.3 Å². The van der Waals surface area contributed by atoms with Gasteiger partial charge in [0.2, 0.25) is 0 Å². The number of fused-ring (bicyclic) bond motifs is 1. The predicted molar refractivity (Wildman–Crippen MR) is 90.5 cm³/mol. The van der Waals surface area contributed by atoms with Crippen molar-refractivity contribution in [3.8, 4) is 11.8 Å². The number of nitrogens with one attached hydrogen (secondary N) is 1. The molecule has 0 saturated heterocycles. The van der Waals surface area contributed by atoms with Gasteiger partial charge < -0.3 is 10.1 Å². The number of anilines is 1. The highest BCUT2D eigenvalue weighted by atomic mass is 35.5. The molecule has 0 atom stereocenters. The van der Waals surface area contributed by atoms with Crippen LogP contribution in [0.2, 0.25) is 10.0 Å². The second-order valence-corrected chi connectivity index (χ2v) is 5.70. The van der Waals surface area contributed by atoms with Gasteiger partial charge in [-0.25, -0.2) is 0 Å². The van der Waals surface area contributed by atoms with Gasteiger partial charge in [-0.3, -0.25) is 4.79 Å². The van der Waals surface area contributed by atoms with Crippen molar-refractivity contribution >= 4 is 46.4 Å². The van der Waals surface area contributed by atoms with Gasteiger partial charge in [-0.2, -0.15) is 5.26 Å². The van der Waals surface area contributed by atoms with E-state index in [-0.39, 0.29) is 12.5 Å². The van der Waals surface area contributed by atoms with Crippen LogP contribution < -0.4 is 10.1 Å². The third-order valence-corrected chi connectivity index (χ3v) is 3.80. The summed E-state index contributed by atoms with van der Waals surface area (Å²) in [5, 5.41) is 12.5. The molecule has 2 aromatic rings. The predicted octanol–water partition coefficient (Wildman–Crippen LogP) is 4.39. The number of hydrogen-bond acceptors (Lipinski definition) is 3. The van der Waals surface area contributed by atoms with E-state index in [1.807, 2.05) is 6.07 Å². The SMILES string of the molecule is N#CCOc1ccc(Cl)cc1/C=C1\C(=O)Nc2cc(Cl)ccc21. The Morgan fingerprint density at radius 3 is 2.70 bits per heavy atom. The van der Waals surface area contributed by atoms with Crippen LogP contribution >= 0.6 is 23.2 Å². The van der Waals surface area contributed by atoms with E-state index in [0.717, 1.165) is 5.56 Å². The van der Waals surface area contributed by atoms with Gasteiger partial charge in [0, 0.05) is 26.7 Å². The van der Waals surface area contributed by atoms with E-state index in [9.17, 15) is 4.79 Å². The van der Waals surface area contributed by atoms with Crippen molar-refractivity contribution < 1.29 is 9.53 Å². The summed E-state index contributed by atoms with van der Waals surface area (Å²) in [4.78, 5) is 12.2. The first-order valence-corrected chi connectivity index (χ1v) is 7.46. The average Bonchev–Trinajstić information content (AvgIpc) is 2.81. The lowest BCUT2D eigenvalue weighted by Gasteiger charge is -2.07. The van der Waals surface area contributed by atoms with Crippen LogP contribution in [0.4, 0.5) is 5.69 Å². The minimum Gasteiger partial charge on any atom is -0.478 e. The van der Waals surface area contributed by atoms with E-state index >= 15 is 0 Å². The number of hydrogen-bond donors (Lipinski definition) is 1. The Hall–Kier alpha value is -2.48. The zero-order valence-corrected chi connectivity index (χ0v) is 13.3. The van der Waals surface area contributed by atoms with Crippen molar-refractivity contribution in [2.24, 2.45) is 0 Å². The number of rotatable bonds is 3. The molecule has 23 heavy (non-hydrogen) atoms. The first kappa shape index (κ1) is 15.4. The average molecular weight is 345 g/mol. The second-order valence-electron chi connectivity index (χ2n) is 4.83. The molecule has 1 aliphatic heterocycles. The fraction of sp³-hybridized carbons (Fsp3) is 0.0588. The van der Waals surface area contributed by atoms with Crippen LogP contribution in [-0.2, 0) is 4.79 Å². The number of carbonyl (C=O) groups excluding carboxylic acids is 1. The summed E-state index contributed by atoms with van der Waals surface area (Å²) in [6.45, 7) is -0.0871. The Labute approximate surface area is 142 Å². The van der Waals surface area contributed by atoms with Gasteiger partial charge in [0.05, 0.1) is 5.69 Å². The van der Waals surface area contributed by atoms with Crippen LogP contribution in [0.3, 0.4) is 0 Å². The zero-order valence-electron chi connectivity index (χ0n) is 11.8. The Morgan fingerprint density at radius 2 is 1.91 bits per heavy atom. The molecule has 1 amide bonds. The molecule has 0 radical (unpaired) electrons. The molecule has 0 spiro atoms.